The number of carbonyl (C=O) groups is 2. The van der Waals surface area contributed by atoms with Crippen LogP contribution in [-0.2, 0) is 9.59 Å². The quantitative estimate of drug-likeness (QED) is 0.416. The third kappa shape index (κ3) is 6.39. The lowest BCUT2D eigenvalue weighted by Crippen LogP contribution is -2.37. The van der Waals surface area contributed by atoms with Crippen molar-refractivity contribution >= 4 is 34.4 Å². The summed E-state index contributed by atoms with van der Waals surface area (Å²) >= 11 is 0.929. The van der Waals surface area contributed by atoms with E-state index < -0.39 is 16.7 Å². The van der Waals surface area contributed by atoms with Crippen molar-refractivity contribution in [1.29, 1.82) is 0 Å². The summed E-state index contributed by atoms with van der Waals surface area (Å²) in [5.41, 5.74) is 2.21. The van der Waals surface area contributed by atoms with E-state index in [1.807, 2.05) is 6.07 Å². The molecule has 1 aromatic heterocycles. The molecule has 0 aliphatic heterocycles. The molecular weight excluding hydrogens is 348 g/mol. The molecular formula is C15H14N4O5S. The Bertz CT molecular complexity index is 775. The predicted molar refractivity (Wildman–Crippen MR) is 91.7 cm³/mol. The van der Waals surface area contributed by atoms with Crippen molar-refractivity contribution in [2.24, 2.45) is 5.10 Å². The molecule has 1 aromatic carbocycles. The molecule has 0 aliphatic carbocycles. The summed E-state index contributed by atoms with van der Waals surface area (Å²) in [4.78, 5) is 33.7. The number of benzene rings is 1. The predicted octanol–water partition coefficient (Wildman–Crippen LogP) is 1.30. The minimum Gasteiger partial charge on any atom is -0.484 e. The van der Waals surface area contributed by atoms with Gasteiger partial charge in [-0.2, -0.15) is 5.10 Å². The number of nitro groups is 1. The molecule has 0 fully saturated rings. The fourth-order valence-corrected chi connectivity index (χ4v) is 2.31. The average Bonchev–Trinajstić information content (AvgIpc) is 3.08. The maximum atomic E-state index is 11.6. The van der Waals surface area contributed by atoms with Crippen LogP contribution in [0, 0.1) is 10.1 Å². The van der Waals surface area contributed by atoms with Crippen molar-refractivity contribution in [2.45, 2.75) is 0 Å². The van der Waals surface area contributed by atoms with Gasteiger partial charge in [0.05, 0.1) is 22.6 Å². The summed E-state index contributed by atoms with van der Waals surface area (Å²) in [5.74, 6) is -0.427. The number of thiophene rings is 1. The van der Waals surface area contributed by atoms with Crippen molar-refractivity contribution in [3.8, 4) is 5.75 Å². The highest BCUT2D eigenvalue weighted by molar-refractivity contribution is 7.16. The van der Waals surface area contributed by atoms with Gasteiger partial charge in [0.25, 0.3) is 11.8 Å². The number of nitrogens with zero attached hydrogens (tertiary/aromatic N) is 2. The van der Waals surface area contributed by atoms with Crippen LogP contribution in [0.25, 0.3) is 0 Å². The molecule has 0 saturated carbocycles. The average molecular weight is 362 g/mol. The van der Waals surface area contributed by atoms with Crippen LogP contribution < -0.4 is 15.5 Å². The Morgan fingerprint density at radius 1 is 1.20 bits per heavy atom. The molecule has 2 amide bonds. The molecule has 0 spiro atoms. The first-order valence-corrected chi connectivity index (χ1v) is 7.87. The van der Waals surface area contributed by atoms with Gasteiger partial charge in [-0.25, -0.2) is 5.43 Å². The zero-order valence-corrected chi connectivity index (χ0v) is 13.7. The number of ether oxygens (including phenoxy) is 1. The fraction of sp³-hybridized carbons (Fsp3) is 0.133. The van der Waals surface area contributed by atoms with Crippen molar-refractivity contribution in [3.05, 3.63) is 57.5 Å². The van der Waals surface area contributed by atoms with Crippen molar-refractivity contribution in [1.82, 2.24) is 10.7 Å². The van der Waals surface area contributed by atoms with E-state index in [0.29, 0.717) is 10.6 Å². The molecule has 2 aromatic rings. The Kier molecular flexibility index (Phi) is 6.60. The van der Waals surface area contributed by atoms with Gasteiger partial charge in [-0.05, 0) is 18.2 Å². The molecule has 0 aliphatic rings. The standard InChI is InChI=1S/C15H14N4O5S/c20-13(18-17-8-12-6-7-15(25-12)19(22)23)9-16-14(21)10-24-11-4-2-1-3-5-11/h1-8H,9-10H2,(H,16,21)(H,18,20). The van der Waals surface area contributed by atoms with E-state index in [1.165, 1.54) is 18.3 Å². The maximum absolute atomic E-state index is 11.6. The summed E-state index contributed by atoms with van der Waals surface area (Å²) in [6.07, 6.45) is 1.29. The van der Waals surface area contributed by atoms with E-state index in [2.05, 4.69) is 15.8 Å². The molecule has 0 bridgehead atoms. The van der Waals surface area contributed by atoms with E-state index >= 15 is 0 Å². The summed E-state index contributed by atoms with van der Waals surface area (Å²) in [7, 11) is 0. The first kappa shape index (κ1) is 18.1. The third-order valence-corrected chi connectivity index (χ3v) is 3.70. The van der Waals surface area contributed by atoms with Crippen LogP contribution >= 0.6 is 11.3 Å². The Labute approximate surface area is 146 Å². The molecule has 9 nitrogen and oxygen atoms in total. The molecule has 0 radical (unpaired) electrons. The first-order chi connectivity index (χ1) is 12.0. The summed E-state index contributed by atoms with van der Waals surface area (Å²) in [6.45, 7) is -0.474. The van der Waals surface area contributed by atoms with E-state index in [-0.39, 0.29) is 18.2 Å². The molecule has 0 atom stereocenters. The van der Waals surface area contributed by atoms with Gasteiger partial charge in [0, 0.05) is 6.07 Å². The zero-order valence-electron chi connectivity index (χ0n) is 12.9. The molecule has 25 heavy (non-hydrogen) atoms. The third-order valence-electron chi connectivity index (χ3n) is 2.73. The lowest BCUT2D eigenvalue weighted by molar-refractivity contribution is -0.380. The number of amides is 2. The van der Waals surface area contributed by atoms with E-state index in [1.54, 1.807) is 24.3 Å². The second-order valence-electron chi connectivity index (χ2n) is 4.60. The van der Waals surface area contributed by atoms with Gasteiger partial charge in [-0.1, -0.05) is 29.5 Å². The summed E-state index contributed by atoms with van der Waals surface area (Å²) in [5, 5.41) is 16.6. The summed E-state index contributed by atoms with van der Waals surface area (Å²) < 4.78 is 5.23. The molecule has 2 N–H and O–H groups in total. The molecule has 0 saturated heterocycles. The number of carbonyl (C=O) groups excluding carboxylic acids is 2. The van der Waals surface area contributed by atoms with Crippen LogP contribution in [0.15, 0.2) is 47.6 Å². The second kappa shape index (κ2) is 9.13. The topological polar surface area (TPSA) is 123 Å². The highest BCUT2D eigenvalue weighted by Crippen LogP contribution is 2.22. The number of hydrogen-bond acceptors (Lipinski definition) is 7. The zero-order chi connectivity index (χ0) is 18.1. The Balaban J connectivity index is 1.66. The van der Waals surface area contributed by atoms with Crippen LogP contribution in [0.2, 0.25) is 0 Å². The number of hydrogen-bond donors (Lipinski definition) is 2. The van der Waals surface area contributed by atoms with Crippen LogP contribution in [0.5, 0.6) is 5.75 Å². The molecule has 0 unspecified atom stereocenters. The van der Waals surface area contributed by atoms with Crippen LogP contribution in [0.3, 0.4) is 0 Å². The molecule has 10 heteroatoms. The first-order valence-electron chi connectivity index (χ1n) is 7.05. The normalized spacial score (nSPS) is 10.4. The van der Waals surface area contributed by atoms with Crippen molar-refractivity contribution in [2.75, 3.05) is 13.2 Å². The minimum atomic E-state index is -0.532. The Morgan fingerprint density at radius 2 is 1.96 bits per heavy atom. The molecule has 1 heterocycles. The Morgan fingerprint density at radius 3 is 2.64 bits per heavy atom. The van der Waals surface area contributed by atoms with E-state index in [0.717, 1.165) is 11.3 Å². The molecule has 130 valence electrons. The van der Waals surface area contributed by atoms with Gasteiger partial charge < -0.3 is 10.1 Å². The number of para-hydroxylation sites is 1. The van der Waals surface area contributed by atoms with E-state index in [9.17, 15) is 19.7 Å². The van der Waals surface area contributed by atoms with Gasteiger partial charge >= 0.3 is 5.00 Å². The largest absolute Gasteiger partial charge is 0.484 e. The van der Waals surface area contributed by atoms with Gasteiger partial charge in [0.1, 0.15) is 5.75 Å². The van der Waals surface area contributed by atoms with Crippen molar-refractivity contribution < 1.29 is 19.2 Å². The number of nitrogens with one attached hydrogen (secondary N) is 2. The highest BCUT2D eigenvalue weighted by atomic mass is 32.1. The van der Waals surface area contributed by atoms with Gasteiger partial charge in [0.15, 0.2) is 6.61 Å². The van der Waals surface area contributed by atoms with Gasteiger partial charge in [0.2, 0.25) is 0 Å². The van der Waals surface area contributed by atoms with Crippen LogP contribution in [0.1, 0.15) is 4.88 Å². The van der Waals surface area contributed by atoms with Crippen LogP contribution in [0.4, 0.5) is 5.00 Å². The SMILES string of the molecule is O=C(COc1ccccc1)NCC(=O)NN=Cc1ccc([N+](=O)[O-])s1. The minimum absolute atomic E-state index is 0.0153. The number of hydrazone groups is 1. The van der Waals surface area contributed by atoms with Gasteiger partial charge in [-0.3, -0.25) is 19.7 Å². The summed E-state index contributed by atoms with van der Waals surface area (Å²) in [6, 6.07) is 11.7. The maximum Gasteiger partial charge on any atom is 0.324 e. The fourth-order valence-electron chi connectivity index (χ4n) is 1.61. The van der Waals surface area contributed by atoms with Gasteiger partial charge in [-0.15, -0.1) is 0 Å². The van der Waals surface area contributed by atoms with Crippen molar-refractivity contribution in [3.63, 3.8) is 0 Å². The lowest BCUT2D eigenvalue weighted by Gasteiger charge is -2.06. The monoisotopic (exact) mass is 362 g/mol. The molecule has 2 rings (SSSR count). The smallest absolute Gasteiger partial charge is 0.324 e. The van der Waals surface area contributed by atoms with E-state index in [4.69, 9.17) is 4.74 Å². The second-order valence-corrected chi connectivity index (χ2v) is 5.70. The van der Waals surface area contributed by atoms with Crippen LogP contribution in [-0.4, -0.2) is 36.1 Å². The lowest BCUT2D eigenvalue weighted by atomic mass is 10.3. The Hall–Kier alpha value is -3.27. The number of rotatable bonds is 8. The highest BCUT2D eigenvalue weighted by Gasteiger charge is 2.08.